The van der Waals surface area contributed by atoms with Crippen LogP contribution in [0.2, 0.25) is 10.0 Å². The number of carbonyl (C=O) groups excluding carboxylic acids is 2. The van der Waals surface area contributed by atoms with Crippen molar-refractivity contribution in [3.8, 4) is 11.1 Å². The number of hydrogen-bond acceptors (Lipinski definition) is 2. The number of hydrogen-bond donors (Lipinski definition) is 0. The van der Waals surface area contributed by atoms with E-state index >= 15 is 0 Å². The first kappa shape index (κ1) is 20.4. The molecule has 8 heteroatoms. The summed E-state index contributed by atoms with van der Waals surface area (Å²) in [5, 5.41) is 0.797. The summed E-state index contributed by atoms with van der Waals surface area (Å²) in [6, 6.07) is 6.90. The molecule has 0 spiro atoms. The van der Waals surface area contributed by atoms with Crippen molar-refractivity contribution in [2.45, 2.75) is 12.6 Å². The highest BCUT2D eigenvalue weighted by Crippen LogP contribution is 2.31. The van der Waals surface area contributed by atoms with Crippen molar-refractivity contribution in [3.05, 3.63) is 59.0 Å². The fourth-order valence-corrected chi connectivity index (χ4v) is 3.52. The molecule has 0 saturated carbocycles. The number of alkyl halides is 1. The Balaban J connectivity index is 1.84. The topological polar surface area (TPSA) is 45.6 Å². The first-order valence-corrected chi connectivity index (χ1v) is 9.39. The third kappa shape index (κ3) is 3.93. The summed E-state index contributed by atoms with van der Waals surface area (Å²) in [5.74, 6) is -0.714. The Morgan fingerprint density at radius 2 is 1.96 bits per heavy atom. The van der Waals surface area contributed by atoms with Crippen LogP contribution in [0, 0.1) is 0 Å². The highest BCUT2D eigenvalue weighted by Gasteiger charge is 2.41. The van der Waals surface area contributed by atoms with Crippen LogP contribution in [0.25, 0.3) is 11.1 Å². The van der Waals surface area contributed by atoms with Gasteiger partial charge in [0.25, 0.3) is 5.91 Å². The molecule has 0 radical (unpaired) electrons. The van der Waals surface area contributed by atoms with E-state index in [0.29, 0.717) is 21.3 Å². The molecule has 1 aromatic heterocycles. The summed E-state index contributed by atoms with van der Waals surface area (Å²) >= 11 is 12.1. The van der Waals surface area contributed by atoms with Crippen molar-refractivity contribution >= 4 is 35.0 Å². The van der Waals surface area contributed by atoms with Gasteiger partial charge in [-0.25, -0.2) is 4.39 Å². The minimum absolute atomic E-state index is 0.0314. The normalized spacial score (nSPS) is 15.1. The van der Waals surface area contributed by atoms with E-state index in [0.717, 1.165) is 5.56 Å². The zero-order valence-corrected chi connectivity index (χ0v) is 17.1. The Labute approximate surface area is 172 Å². The molecular weight excluding hydrogens is 404 g/mol. The fourth-order valence-electron chi connectivity index (χ4n) is 3.22. The highest BCUT2D eigenvalue weighted by atomic mass is 35.5. The Bertz CT molecular complexity index is 947. The van der Waals surface area contributed by atoms with Crippen molar-refractivity contribution in [3.63, 3.8) is 0 Å². The summed E-state index contributed by atoms with van der Waals surface area (Å²) in [4.78, 5) is 28.1. The van der Waals surface area contributed by atoms with Gasteiger partial charge in [-0.1, -0.05) is 35.8 Å². The molecule has 5 nitrogen and oxygen atoms in total. The van der Waals surface area contributed by atoms with Crippen molar-refractivity contribution < 1.29 is 14.0 Å². The van der Waals surface area contributed by atoms with Gasteiger partial charge in [-0.3, -0.25) is 9.59 Å². The maximum atomic E-state index is 13.7. The smallest absolute Gasteiger partial charge is 0.275 e. The molecule has 0 aliphatic carbocycles. The third-order valence-electron chi connectivity index (χ3n) is 4.69. The molecule has 28 heavy (non-hydrogen) atoms. The average molecular weight is 424 g/mol. The van der Waals surface area contributed by atoms with Crippen LogP contribution in [-0.4, -0.2) is 51.5 Å². The van der Waals surface area contributed by atoms with Gasteiger partial charge >= 0.3 is 0 Å². The molecule has 0 unspecified atom stereocenters. The molecule has 1 aliphatic heterocycles. The number of halogens is 3. The maximum Gasteiger partial charge on any atom is 0.275 e. The van der Waals surface area contributed by atoms with Gasteiger partial charge in [0.2, 0.25) is 5.91 Å². The first-order chi connectivity index (χ1) is 13.1. The zero-order valence-electron chi connectivity index (χ0n) is 15.6. The van der Waals surface area contributed by atoms with Crippen LogP contribution in [0.1, 0.15) is 17.4 Å². The van der Waals surface area contributed by atoms with Gasteiger partial charge in [0, 0.05) is 25.0 Å². The summed E-state index contributed by atoms with van der Waals surface area (Å²) in [6.45, 7) is 4.95. The third-order valence-corrected chi connectivity index (χ3v) is 5.43. The SMILES string of the molecule is C=CN(CC(=O)N1CC(C)(F)C1)C(=O)c1c(-c2ccc(Cl)c(Cl)c2)ccn1C. The Morgan fingerprint density at radius 1 is 1.29 bits per heavy atom. The molecule has 1 saturated heterocycles. The average Bonchev–Trinajstić information content (AvgIpc) is 3.00. The number of amides is 2. The molecule has 3 rings (SSSR count). The monoisotopic (exact) mass is 423 g/mol. The predicted octanol–water partition coefficient (Wildman–Crippen LogP) is 4.16. The zero-order chi connectivity index (χ0) is 20.6. The van der Waals surface area contributed by atoms with Crippen LogP contribution in [0.3, 0.4) is 0 Å². The summed E-state index contributed by atoms with van der Waals surface area (Å²) in [5.41, 5.74) is 0.401. The molecular formula is C20H20Cl2FN3O2. The second-order valence-electron chi connectivity index (χ2n) is 7.10. The predicted molar refractivity (Wildman–Crippen MR) is 108 cm³/mol. The van der Waals surface area contributed by atoms with Gasteiger partial charge in [0.15, 0.2) is 0 Å². The van der Waals surface area contributed by atoms with Gasteiger partial charge in [-0.15, -0.1) is 0 Å². The number of likely N-dealkylation sites (tertiary alicyclic amines) is 1. The standard InChI is InChI=1S/C20H20Cl2FN3O2/c1-4-25(10-17(27)26-11-20(2,23)12-26)19(28)18-14(7-8-24(18)3)13-5-6-15(21)16(22)9-13/h4-9H,1,10-12H2,2-3H3. The van der Waals surface area contributed by atoms with Crippen LogP contribution < -0.4 is 0 Å². The van der Waals surface area contributed by atoms with Gasteiger partial charge in [0.1, 0.15) is 17.9 Å². The van der Waals surface area contributed by atoms with E-state index < -0.39 is 5.67 Å². The van der Waals surface area contributed by atoms with Crippen molar-refractivity contribution in [1.82, 2.24) is 14.4 Å². The van der Waals surface area contributed by atoms with Crippen LogP contribution >= 0.6 is 23.2 Å². The van der Waals surface area contributed by atoms with E-state index in [-0.39, 0.29) is 31.4 Å². The Hall–Kier alpha value is -2.31. The molecule has 2 aromatic rings. The van der Waals surface area contributed by atoms with E-state index in [9.17, 15) is 14.0 Å². The molecule has 0 atom stereocenters. The lowest BCUT2D eigenvalue weighted by atomic mass is 9.99. The summed E-state index contributed by atoms with van der Waals surface area (Å²) in [7, 11) is 1.74. The van der Waals surface area contributed by atoms with Crippen molar-refractivity contribution in [1.29, 1.82) is 0 Å². The van der Waals surface area contributed by atoms with Crippen LogP contribution in [-0.2, 0) is 11.8 Å². The van der Waals surface area contributed by atoms with Crippen LogP contribution in [0.4, 0.5) is 4.39 Å². The van der Waals surface area contributed by atoms with E-state index in [1.807, 2.05) is 0 Å². The lowest BCUT2D eigenvalue weighted by Crippen LogP contribution is -2.60. The minimum atomic E-state index is -1.36. The van der Waals surface area contributed by atoms with Gasteiger partial charge in [-0.05, 0) is 30.7 Å². The number of nitrogens with zero attached hydrogens (tertiary/aromatic N) is 3. The highest BCUT2D eigenvalue weighted by molar-refractivity contribution is 6.42. The van der Waals surface area contributed by atoms with Crippen LogP contribution in [0.15, 0.2) is 43.2 Å². The minimum Gasteiger partial charge on any atom is -0.346 e. The van der Waals surface area contributed by atoms with Crippen molar-refractivity contribution in [2.24, 2.45) is 7.05 Å². The second kappa shape index (κ2) is 7.60. The number of rotatable bonds is 5. The molecule has 148 valence electrons. The fraction of sp³-hybridized carbons (Fsp3) is 0.300. The summed E-state index contributed by atoms with van der Waals surface area (Å²) < 4.78 is 15.3. The number of aromatic nitrogens is 1. The Kier molecular flexibility index (Phi) is 5.55. The van der Waals surface area contributed by atoms with E-state index in [1.54, 1.807) is 42.1 Å². The lowest BCUT2D eigenvalue weighted by molar-refractivity contribution is -0.144. The second-order valence-corrected chi connectivity index (χ2v) is 7.91. The number of carbonyl (C=O) groups is 2. The van der Waals surface area contributed by atoms with Crippen molar-refractivity contribution in [2.75, 3.05) is 19.6 Å². The molecule has 2 amide bonds. The van der Waals surface area contributed by atoms with E-state index in [4.69, 9.17) is 23.2 Å². The molecule has 2 heterocycles. The number of benzene rings is 1. The molecule has 0 bridgehead atoms. The number of aryl methyl sites for hydroxylation is 1. The van der Waals surface area contributed by atoms with Crippen LogP contribution in [0.5, 0.6) is 0 Å². The molecule has 1 aromatic carbocycles. The lowest BCUT2D eigenvalue weighted by Gasteiger charge is -2.42. The van der Waals surface area contributed by atoms with Gasteiger partial charge < -0.3 is 14.4 Å². The van der Waals surface area contributed by atoms with Gasteiger partial charge in [0.05, 0.1) is 23.1 Å². The molecule has 1 aliphatic rings. The van der Waals surface area contributed by atoms with E-state index in [2.05, 4.69) is 6.58 Å². The summed E-state index contributed by atoms with van der Waals surface area (Å²) in [6.07, 6.45) is 3.05. The quantitative estimate of drug-likeness (QED) is 0.724. The molecule has 1 fully saturated rings. The maximum absolute atomic E-state index is 13.7. The molecule has 0 N–H and O–H groups in total. The van der Waals surface area contributed by atoms with Gasteiger partial charge in [-0.2, -0.15) is 0 Å². The largest absolute Gasteiger partial charge is 0.346 e. The van der Waals surface area contributed by atoms with E-state index in [1.165, 1.54) is 22.9 Å². The first-order valence-electron chi connectivity index (χ1n) is 8.64. The Morgan fingerprint density at radius 3 is 2.54 bits per heavy atom.